The SMILES string of the molecule is CC(C)CCC[C@@H](C)[C@H]1CC[C@H]2[C@@H]3C[C@@H](n4cnnn4)[C@H]4CCCC[C@]4(C)[C@H]3CC[C@]12C. The van der Waals surface area contributed by atoms with Crippen LogP contribution < -0.4 is 0 Å². The standard InChI is InChI=1S/C28H48N4/c1-19(2)9-8-10-20(3)22-12-13-23-21-17-26(32-18-29-30-31-32)25-11-6-7-15-27(25,4)24(21)14-16-28(22,23)5/h18-26H,6-17H2,1-5H3/t20-,21+,22-,23+,24+,25-,26-,27-,28-/m1/s1. The summed E-state index contributed by atoms with van der Waals surface area (Å²) < 4.78 is 2.16. The fourth-order valence-corrected chi connectivity index (χ4v) is 9.99. The molecule has 4 fully saturated rings. The van der Waals surface area contributed by atoms with Crippen LogP contribution in [-0.4, -0.2) is 20.2 Å². The molecule has 0 bridgehead atoms. The van der Waals surface area contributed by atoms with Crippen molar-refractivity contribution in [1.82, 2.24) is 20.2 Å². The molecule has 4 aliphatic rings. The average molecular weight is 441 g/mol. The van der Waals surface area contributed by atoms with Gasteiger partial charge < -0.3 is 0 Å². The fourth-order valence-electron chi connectivity index (χ4n) is 9.99. The van der Waals surface area contributed by atoms with E-state index in [2.05, 4.69) is 54.8 Å². The Morgan fingerprint density at radius 1 is 0.906 bits per heavy atom. The number of hydrogen-bond acceptors (Lipinski definition) is 3. The third-order valence-electron chi connectivity index (χ3n) is 11.5. The Bertz CT molecular complexity index is 759. The first-order valence-corrected chi connectivity index (χ1v) is 14.1. The maximum atomic E-state index is 4.45. The Labute approximate surface area is 196 Å². The maximum absolute atomic E-state index is 4.45. The van der Waals surface area contributed by atoms with Gasteiger partial charge in [-0.25, -0.2) is 4.68 Å². The Morgan fingerprint density at radius 2 is 1.72 bits per heavy atom. The van der Waals surface area contributed by atoms with Crippen molar-refractivity contribution in [3.05, 3.63) is 6.33 Å². The topological polar surface area (TPSA) is 43.6 Å². The summed E-state index contributed by atoms with van der Waals surface area (Å²) in [4.78, 5) is 0. The number of nitrogens with zero attached hydrogens (tertiary/aromatic N) is 4. The molecule has 1 aromatic heterocycles. The molecule has 4 nitrogen and oxygen atoms in total. The molecule has 4 aliphatic carbocycles. The van der Waals surface area contributed by atoms with Crippen molar-refractivity contribution in [1.29, 1.82) is 0 Å². The molecule has 0 aromatic carbocycles. The molecule has 32 heavy (non-hydrogen) atoms. The van der Waals surface area contributed by atoms with E-state index in [0.717, 1.165) is 41.4 Å². The molecule has 4 heteroatoms. The Balaban J connectivity index is 1.39. The predicted molar refractivity (Wildman–Crippen MR) is 130 cm³/mol. The van der Waals surface area contributed by atoms with Gasteiger partial charge in [0.1, 0.15) is 6.33 Å². The summed E-state index contributed by atoms with van der Waals surface area (Å²) in [6.07, 6.45) is 19.0. The lowest BCUT2D eigenvalue weighted by molar-refractivity contribution is -0.135. The highest BCUT2D eigenvalue weighted by Crippen LogP contribution is 2.69. The summed E-state index contributed by atoms with van der Waals surface area (Å²) in [6, 6.07) is 0.515. The first kappa shape index (κ1) is 22.8. The highest BCUT2D eigenvalue weighted by molar-refractivity contribution is 5.11. The van der Waals surface area contributed by atoms with Crippen LogP contribution in [0.2, 0.25) is 0 Å². The van der Waals surface area contributed by atoms with Crippen LogP contribution in [0.25, 0.3) is 0 Å². The van der Waals surface area contributed by atoms with Crippen molar-refractivity contribution in [2.75, 3.05) is 0 Å². The Hall–Kier alpha value is -0.930. The van der Waals surface area contributed by atoms with E-state index in [4.69, 9.17) is 0 Å². The van der Waals surface area contributed by atoms with E-state index in [1.165, 1.54) is 77.0 Å². The summed E-state index contributed by atoms with van der Waals surface area (Å²) in [7, 11) is 0. The zero-order valence-electron chi connectivity index (χ0n) is 21.5. The molecule has 0 N–H and O–H groups in total. The molecular formula is C28H48N4. The number of hydrogen-bond donors (Lipinski definition) is 0. The molecule has 0 aliphatic heterocycles. The van der Waals surface area contributed by atoms with E-state index in [9.17, 15) is 0 Å². The lowest BCUT2D eigenvalue weighted by Crippen LogP contribution is -2.56. The molecule has 1 heterocycles. The van der Waals surface area contributed by atoms with Gasteiger partial charge in [0.05, 0.1) is 6.04 Å². The van der Waals surface area contributed by atoms with Crippen LogP contribution in [0.1, 0.15) is 118 Å². The molecule has 0 spiro atoms. The molecular weight excluding hydrogens is 392 g/mol. The molecule has 0 saturated heterocycles. The second-order valence-electron chi connectivity index (χ2n) is 13.4. The van der Waals surface area contributed by atoms with Crippen molar-refractivity contribution >= 4 is 0 Å². The van der Waals surface area contributed by atoms with Crippen LogP contribution in [0, 0.1) is 52.3 Å². The second kappa shape index (κ2) is 8.69. The molecule has 0 radical (unpaired) electrons. The largest absolute Gasteiger partial charge is 0.229 e. The smallest absolute Gasteiger partial charge is 0.138 e. The molecule has 0 amide bonds. The van der Waals surface area contributed by atoms with Gasteiger partial charge in [-0.15, -0.1) is 5.10 Å². The predicted octanol–water partition coefficient (Wildman–Crippen LogP) is 7.34. The van der Waals surface area contributed by atoms with Gasteiger partial charge in [-0.2, -0.15) is 0 Å². The quantitative estimate of drug-likeness (QED) is 0.465. The van der Waals surface area contributed by atoms with Gasteiger partial charge in [-0.05, 0) is 108 Å². The summed E-state index contributed by atoms with van der Waals surface area (Å²) in [5.74, 6) is 6.14. The van der Waals surface area contributed by atoms with Crippen LogP contribution in [0.5, 0.6) is 0 Å². The minimum absolute atomic E-state index is 0.486. The highest BCUT2D eigenvalue weighted by atomic mass is 15.5. The van der Waals surface area contributed by atoms with Crippen LogP contribution in [-0.2, 0) is 0 Å². The third kappa shape index (κ3) is 3.66. The van der Waals surface area contributed by atoms with Crippen molar-refractivity contribution in [2.45, 2.75) is 118 Å². The Kier molecular flexibility index (Phi) is 6.20. The van der Waals surface area contributed by atoms with E-state index in [1.807, 2.05) is 6.33 Å². The van der Waals surface area contributed by atoms with Crippen molar-refractivity contribution in [3.63, 3.8) is 0 Å². The van der Waals surface area contributed by atoms with E-state index in [0.29, 0.717) is 16.9 Å². The number of aromatic nitrogens is 4. The van der Waals surface area contributed by atoms with E-state index in [1.54, 1.807) is 0 Å². The minimum atomic E-state index is 0.486. The Morgan fingerprint density at radius 3 is 2.47 bits per heavy atom. The zero-order valence-corrected chi connectivity index (χ0v) is 21.5. The van der Waals surface area contributed by atoms with Crippen LogP contribution in [0.3, 0.4) is 0 Å². The van der Waals surface area contributed by atoms with Gasteiger partial charge in [-0.3, -0.25) is 0 Å². The van der Waals surface area contributed by atoms with Crippen LogP contribution in [0.4, 0.5) is 0 Å². The van der Waals surface area contributed by atoms with Crippen LogP contribution in [0.15, 0.2) is 6.33 Å². The zero-order chi connectivity index (χ0) is 22.5. The highest BCUT2D eigenvalue weighted by Gasteiger charge is 2.62. The summed E-state index contributed by atoms with van der Waals surface area (Å²) in [5, 5.41) is 12.5. The monoisotopic (exact) mass is 440 g/mol. The minimum Gasteiger partial charge on any atom is -0.229 e. The van der Waals surface area contributed by atoms with Crippen molar-refractivity contribution in [2.24, 2.45) is 52.3 Å². The molecule has 180 valence electrons. The van der Waals surface area contributed by atoms with Gasteiger partial charge in [-0.1, -0.05) is 66.7 Å². The number of fused-ring (bicyclic) bond motifs is 5. The van der Waals surface area contributed by atoms with Gasteiger partial charge in [0.15, 0.2) is 0 Å². The number of rotatable bonds is 6. The first-order chi connectivity index (χ1) is 15.3. The maximum Gasteiger partial charge on any atom is 0.138 e. The van der Waals surface area contributed by atoms with Gasteiger partial charge in [0, 0.05) is 0 Å². The van der Waals surface area contributed by atoms with Gasteiger partial charge in [0.25, 0.3) is 0 Å². The lowest BCUT2D eigenvalue weighted by atomic mass is 9.43. The van der Waals surface area contributed by atoms with E-state index in [-0.39, 0.29) is 0 Å². The second-order valence-corrected chi connectivity index (χ2v) is 13.4. The lowest BCUT2D eigenvalue weighted by Gasteiger charge is -2.62. The fraction of sp³-hybridized carbons (Fsp3) is 0.964. The average Bonchev–Trinajstić information content (AvgIpc) is 3.40. The third-order valence-corrected chi connectivity index (χ3v) is 11.5. The summed E-state index contributed by atoms with van der Waals surface area (Å²) in [6.45, 7) is 12.7. The molecule has 4 saturated carbocycles. The summed E-state index contributed by atoms with van der Waals surface area (Å²) in [5.41, 5.74) is 1.04. The first-order valence-electron chi connectivity index (χ1n) is 14.1. The van der Waals surface area contributed by atoms with Crippen molar-refractivity contribution in [3.8, 4) is 0 Å². The van der Waals surface area contributed by atoms with Gasteiger partial charge in [0.2, 0.25) is 0 Å². The normalized spacial score (nSPS) is 44.7. The van der Waals surface area contributed by atoms with Crippen molar-refractivity contribution < 1.29 is 0 Å². The summed E-state index contributed by atoms with van der Waals surface area (Å²) >= 11 is 0. The number of tetrazole rings is 1. The molecule has 1 aromatic rings. The molecule has 9 atom stereocenters. The molecule has 0 unspecified atom stereocenters. The van der Waals surface area contributed by atoms with E-state index >= 15 is 0 Å². The van der Waals surface area contributed by atoms with E-state index < -0.39 is 0 Å². The van der Waals surface area contributed by atoms with Crippen LogP contribution >= 0.6 is 0 Å². The molecule has 5 rings (SSSR count). The van der Waals surface area contributed by atoms with Gasteiger partial charge >= 0.3 is 0 Å².